The Morgan fingerprint density at radius 2 is 1.89 bits per heavy atom. The first-order chi connectivity index (χ1) is 8.82. The van der Waals surface area contributed by atoms with E-state index in [1.165, 1.54) is 5.69 Å². The minimum Gasteiger partial charge on any atom is -0.399 e. The van der Waals surface area contributed by atoms with Gasteiger partial charge in [-0.1, -0.05) is 0 Å². The van der Waals surface area contributed by atoms with Crippen molar-refractivity contribution in [2.75, 3.05) is 7.11 Å². The largest absolute Gasteiger partial charge is 0.496 e. The monoisotopic (exact) mass is 263 g/mol. The maximum Gasteiger partial charge on any atom is 0.496 e. The second-order valence-corrected chi connectivity index (χ2v) is 6.57. The third-order valence-corrected chi connectivity index (χ3v) is 4.70. The second kappa shape index (κ2) is 4.11. The maximum atomic E-state index is 6.07. The fourth-order valence-electron chi connectivity index (χ4n) is 2.70. The van der Waals surface area contributed by atoms with Crippen molar-refractivity contribution in [2.45, 2.75) is 58.0 Å². The average Bonchev–Trinajstić information content (AvgIpc) is 2.88. The van der Waals surface area contributed by atoms with Crippen LogP contribution in [0.1, 0.15) is 33.4 Å². The van der Waals surface area contributed by atoms with E-state index in [-0.39, 0.29) is 18.3 Å². The van der Waals surface area contributed by atoms with Crippen molar-refractivity contribution in [3.05, 3.63) is 18.0 Å². The van der Waals surface area contributed by atoms with E-state index in [2.05, 4.69) is 44.5 Å². The molecule has 0 bridgehead atoms. The molecule has 3 heterocycles. The molecule has 1 fully saturated rings. The van der Waals surface area contributed by atoms with Crippen LogP contribution in [0.25, 0.3) is 0 Å². The molecule has 1 saturated heterocycles. The van der Waals surface area contributed by atoms with Crippen molar-refractivity contribution in [1.29, 1.82) is 0 Å². The molecule has 0 radical (unpaired) electrons. The lowest BCUT2D eigenvalue weighted by Crippen LogP contribution is -2.41. The lowest BCUT2D eigenvalue weighted by Gasteiger charge is -2.32. The number of aromatic nitrogens is 1. The Hall–Kier alpha value is -0.775. The van der Waals surface area contributed by atoms with Crippen LogP contribution in [0, 0.1) is 0 Å². The number of hydrogen-bond acceptors (Lipinski definition) is 3. The third kappa shape index (κ3) is 2.04. The lowest BCUT2D eigenvalue weighted by atomic mass is 9.81. The van der Waals surface area contributed by atoms with E-state index in [1.807, 2.05) is 0 Å². The first-order valence-corrected chi connectivity index (χ1v) is 6.90. The van der Waals surface area contributed by atoms with Crippen molar-refractivity contribution in [1.82, 2.24) is 4.57 Å². The van der Waals surface area contributed by atoms with Crippen LogP contribution in [0.3, 0.4) is 0 Å². The highest BCUT2D eigenvalue weighted by molar-refractivity contribution is 6.62. The van der Waals surface area contributed by atoms with E-state index in [1.54, 1.807) is 7.11 Å². The molecular weight excluding hydrogens is 241 g/mol. The maximum absolute atomic E-state index is 6.07. The number of hydrogen-bond donors (Lipinski definition) is 0. The summed E-state index contributed by atoms with van der Waals surface area (Å²) in [6.07, 6.45) is 3.41. The van der Waals surface area contributed by atoms with Crippen molar-refractivity contribution >= 4 is 12.6 Å². The van der Waals surface area contributed by atoms with Gasteiger partial charge in [0.25, 0.3) is 0 Å². The van der Waals surface area contributed by atoms with Gasteiger partial charge in [-0.15, -0.1) is 0 Å². The molecule has 0 aliphatic carbocycles. The fraction of sp³-hybridized carbons (Fsp3) is 0.714. The topological polar surface area (TPSA) is 32.6 Å². The van der Waals surface area contributed by atoms with E-state index in [0.29, 0.717) is 6.10 Å². The van der Waals surface area contributed by atoms with E-state index in [9.17, 15) is 0 Å². The summed E-state index contributed by atoms with van der Waals surface area (Å²) in [5.74, 6) is 0. The van der Waals surface area contributed by atoms with Crippen molar-refractivity contribution < 1.29 is 14.0 Å². The predicted molar refractivity (Wildman–Crippen MR) is 74.6 cm³/mol. The normalized spacial score (nSPS) is 27.8. The highest BCUT2D eigenvalue weighted by Gasteiger charge is 2.52. The van der Waals surface area contributed by atoms with Crippen LogP contribution in [0.15, 0.2) is 12.3 Å². The summed E-state index contributed by atoms with van der Waals surface area (Å²) in [6, 6.07) is 2.18. The van der Waals surface area contributed by atoms with Gasteiger partial charge in [-0.3, -0.25) is 0 Å². The molecule has 1 aromatic heterocycles. The van der Waals surface area contributed by atoms with Gasteiger partial charge in [0, 0.05) is 37.4 Å². The zero-order valence-electron chi connectivity index (χ0n) is 12.4. The van der Waals surface area contributed by atoms with Gasteiger partial charge in [0.15, 0.2) is 0 Å². The van der Waals surface area contributed by atoms with Gasteiger partial charge in [0.2, 0.25) is 0 Å². The van der Waals surface area contributed by atoms with E-state index in [0.717, 1.165) is 18.4 Å². The van der Waals surface area contributed by atoms with Crippen LogP contribution in [-0.2, 0) is 27.0 Å². The Bertz CT molecular complexity index is 455. The van der Waals surface area contributed by atoms with Crippen molar-refractivity contribution in [3.8, 4) is 0 Å². The number of methoxy groups -OCH3 is 1. The summed E-state index contributed by atoms with van der Waals surface area (Å²) in [6.45, 7) is 9.25. The molecule has 1 aromatic rings. The van der Waals surface area contributed by atoms with Crippen LogP contribution in [0.4, 0.5) is 0 Å². The number of rotatable bonds is 2. The van der Waals surface area contributed by atoms with Crippen LogP contribution >= 0.6 is 0 Å². The minimum absolute atomic E-state index is 0.260. The standard InChI is InChI=1S/C14H22BNO3/c1-13(2)14(3,4)19-15(18-13)10-6-11-7-12(17-5)9-16(11)8-10/h6,8,12H,7,9H2,1-5H3. The molecule has 2 aliphatic heterocycles. The van der Waals surface area contributed by atoms with Gasteiger partial charge in [-0.25, -0.2) is 0 Å². The van der Waals surface area contributed by atoms with Gasteiger partial charge in [0.1, 0.15) is 0 Å². The third-order valence-electron chi connectivity index (χ3n) is 4.70. The van der Waals surface area contributed by atoms with Crippen molar-refractivity contribution in [3.63, 3.8) is 0 Å². The first-order valence-electron chi connectivity index (χ1n) is 6.90. The van der Waals surface area contributed by atoms with Gasteiger partial charge in [0.05, 0.1) is 17.3 Å². The molecule has 0 amide bonds. The summed E-state index contributed by atoms with van der Waals surface area (Å²) in [5, 5.41) is 0. The quantitative estimate of drug-likeness (QED) is 0.755. The van der Waals surface area contributed by atoms with Crippen LogP contribution in [0.2, 0.25) is 0 Å². The SMILES string of the molecule is COC1Cc2cc(B3OC(C)(C)C(C)(C)O3)cn2C1. The fourth-order valence-corrected chi connectivity index (χ4v) is 2.70. The van der Waals surface area contributed by atoms with Crippen LogP contribution in [-0.4, -0.2) is 36.1 Å². The molecule has 0 N–H and O–H groups in total. The van der Waals surface area contributed by atoms with Gasteiger partial charge in [-0.2, -0.15) is 0 Å². The Morgan fingerprint density at radius 1 is 1.26 bits per heavy atom. The molecule has 1 unspecified atom stereocenters. The molecule has 1 atom stereocenters. The summed E-state index contributed by atoms with van der Waals surface area (Å²) in [7, 11) is 1.51. The molecule has 2 aliphatic rings. The predicted octanol–water partition coefficient (Wildman–Crippen LogP) is 1.36. The molecule has 4 nitrogen and oxygen atoms in total. The second-order valence-electron chi connectivity index (χ2n) is 6.57. The number of nitrogens with zero attached hydrogens (tertiary/aromatic N) is 1. The average molecular weight is 263 g/mol. The zero-order chi connectivity index (χ0) is 13.8. The molecule has 0 aromatic carbocycles. The van der Waals surface area contributed by atoms with Crippen molar-refractivity contribution in [2.24, 2.45) is 0 Å². The van der Waals surface area contributed by atoms with Gasteiger partial charge in [-0.05, 0) is 33.8 Å². The smallest absolute Gasteiger partial charge is 0.399 e. The van der Waals surface area contributed by atoms with E-state index >= 15 is 0 Å². The Balaban J connectivity index is 1.80. The molecule has 0 spiro atoms. The van der Waals surface area contributed by atoms with E-state index < -0.39 is 0 Å². The number of ether oxygens (including phenoxy) is 1. The highest BCUT2D eigenvalue weighted by atomic mass is 16.7. The summed E-state index contributed by atoms with van der Waals surface area (Å²) in [5.41, 5.74) is 1.86. The molecule has 3 rings (SSSR count). The highest BCUT2D eigenvalue weighted by Crippen LogP contribution is 2.36. The summed E-state index contributed by atoms with van der Waals surface area (Å²) < 4.78 is 19.8. The Kier molecular flexibility index (Phi) is 2.86. The summed E-state index contributed by atoms with van der Waals surface area (Å²) >= 11 is 0. The minimum atomic E-state index is -0.279. The lowest BCUT2D eigenvalue weighted by molar-refractivity contribution is 0.00578. The Labute approximate surface area is 115 Å². The molecule has 19 heavy (non-hydrogen) atoms. The zero-order valence-corrected chi connectivity index (χ0v) is 12.4. The van der Waals surface area contributed by atoms with Gasteiger partial charge < -0.3 is 18.6 Å². The van der Waals surface area contributed by atoms with Gasteiger partial charge >= 0.3 is 7.12 Å². The molecular formula is C14H22BNO3. The summed E-state index contributed by atoms with van der Waals surface area (Å²) in [4.78, 5) is 0. The molecule has 104 valence electrons. The van der Waals surface area contributed by atoms with E-state index in [4.69, 9.17) is 14.0 Å². The molecule has 0 saturated carbocycles. The first kappa shape index (κ1) is 13.2. The number of fused-ring (bicyclic) bond motifs is 1. The molecule has 5 heteroatoms. The van der Waals surface area contributed by atoms with Crippen LogP contribution in [0.5, 0.6) is 0 Å². The Morgan fingerprint density at radius 3 is 2.42 bits per heavy atom. The van der Waals surface area contributed by atoms with Crippen LogP contribution < -0.4 is 5.46 Å².